The van der Waals surface area contributed by atoms with Gasteiger partial charge in [0.1, 0.15) is 11.6 Å². The normalized spacial score (nSPS) is 40.6. The van der Waals surface area contributed by atoms with Gasteiger partial charge in [-0.3, -0.25) is 9.59 Å². The van der Waals surface area contributed by atoms with E-state index in [2.05, 4.69) is 54.2 Å². The third-order valence-corrected chi connectivity index (χ3v) is 11.8. The van der Waals surface area contributed by atoms with Crippen LogP contribution in [0.15, 0.2) is 23.8 Å². The van der Waals surface area contributed by atoms with Gasteiger partial charge in [-0.15, -0.1) is 0 Å². The number of hydrogen-bond donors (Lipinski definition) is 0. The maximum absolute atomic E-state index is 12.8. The fraction of sp³-hybridized carbons (Fsp3) is 0.774. The Morgan fingerprint density at radius 2 is 1.80 bits per heavy atom. The van der Waals surface area contributed by atoms with Crippen molar-refractivity contribution in [3.05, 3.63) is 23.8 Å². The van der Waals surface area contributed by atoms with Crippen molar-refractivity contribution in [1.29, 1.82) is 0 Å². The van der Waals surface area contributed by atoms with Crippen LogP contribution in [0.2, 0.25) is 0 Å². The number of ether oxygens (including phenoxy) is 1. The van der Waals surface area contributed by atoms with Crippen molar-refractivity contribution in [2.45, 2.75) is 99.3 Å². The molecule has 0 unspecified atom stereocenters. The Morgan fingerprint density at radius 1 is 1.11 bits per heavy atom. The molecule has 0 amide bonds. The minimum absolute atomic E-state index is 0.0825. The summed E-state index contributed by atoms with van der Waals surface area (Å²) in [6.07, 6.45) is 10.6. The van der Waals surface area contributed by atoms with Gasteiger partial charge in [0.05, 0.1) is 7.11 Å². The van der Waals surface area contributed by atoms with E-state index in [0.29, 0.717) is 30.0 Å². The topological polar surface area (TPSA) is 60.4 Å². The third-order valence-electron chi connectivity index (χ3n) is 11.8. The minimum Gasteiger partial charge on any atom is -0.466 e. The molecule has 0 aromatic rings. The first kappa shape index (κ1) is 26.4. The van der Waals surface area contributed by atoms with Crippen molar-refractivity contribution < 1.29 is 19.1 Å². The van der Waals surface area contributed by atoms with Gasteiger partial charge in [0.25, 0.3) is 0 Å². The lowest BCUT2D eigenvalue weighted by Gasteiger charge is -2.63. The van der Waals surface area contributed by atoms with Crippen molar-refractivity contribution in [3.63, 3.8) is 0 Å². The van der Waals surface area contributed by atoms with Crippen LogP contribution in [0, 0.1) is 45.3 Å². The largest absolute Gasteiger partial charge is 0.466 e. The molecule has 4 rings (SSSR count). The fourth-order valence-corrected chi connectivity index (χ4v) is 9.49. The second kappa shape index (κ2) is 8.70. The molecule has 194 valence electrons. The number of Topliss-reactive ketones (excluding diaryl/α,β-unsaturated/α-hetero) is 2. The molecule has 3 saturated carbocycles. The highest BCUT2D eigenvalue weighted by Gasteiger charge is 2.65. The average Bonchev–Trinajstić information content (AvgIpc) is 3.07. The van der Waals surface area contributed by atoms with Crippen LogP contribution in [0.25, 0.3) is 0 Å². The Morgan fingerprint density at radius 3 is 2.46 bits per heavy atom. The van der Waals surface area contributed by atoms with Crippen LogP contribution in [0.5, 0.6) is 0 Å². The van der Waals surface area contributed by atoms with E-state index in [-0.39, 0.29) is 45.4 Å². The van der Waals surface area contributed by atoms with Crippen LogP contribution in [0.4, 0.5) is 0 Å². The molecule has 0 aromatic carbocycles. The smallest absolute Gasteiger partial charge is 0.333 e. The molecule has 35 heavy (non-hydrogen) atoms. The van der Waals surface area contributed by atoms with Crippen molar-refractivity contribution in [2.75, 3.05) is 7.11 Å². The summed E-state index contributed by atoms with van der Waals surface area (Å²) in [5, 5.41) is 0. The van der Waals surface area contributed by atoms with Crippen molar-refractivity contribution in [2.24, 2.45) is 45.3 Å². The van der Waals surface area contributed by atoms with E-state index in [1.54, 1.807) is 5.57 Å². The van der Waals surface area contributed by atoms with E-state index in [4.69, 9.17) is 4.74 Å². The predicted octanol–water partition coefficient (Wildman–Crippen LogP) is 6.88. The summed E-state index contributed by atoms with van der Waals surface area (Å²) in [7, 11) is 1.33. The summed E-state index contributed by atoms with van der Waals surface area (Å²) in [5.74, 6) is 1.78. The van der Waals surface area contributed by atoms with Crippen molar-refractivity contribution >= 4 is 17.5 Å². The minimum atomic E-state index is -0.492. The zero-order chi connectivity index (χ0) is 26.0. The monoisotopic (exact) mass is 482 g/mol. The molecule has 7 atom stereocenters. The molecule has 4 nitrogen and oxygen atoms in total. The molecule has 4 aliphatic carbocycles. The van der Waals surface area contributed by atoms with Gasteiger partial charge in [0.15, 0.2) is 0 Å². The van der Waals surface area contributed by atoms with Crippen LogP contribution in [0.1, 0.15) is 99.3 Å². The molecule has 3 fully saturated rings. The molecule has 0 N–H and O–H groups in total. The number of allylic oxidation sites excluding steroid dienone is 2. The average molecular weight is 483 g/mol. The first-order chi connectivity index (χ1) is 16.2. The Labute approximate surface area is 212 Å². The fourth-order valence-electron chi connectivity index (χ4n) is 9.49. The number of rotatable bonds is 6. The van der Waals surface area contributed by atoms with Crippen LogP contribution in [-0.4, -0.2) is 24.6 Å². The Kier molecular flexibility index (Phi) is 6.55. The van der Waals surface area contributed by atoms with Gasteiger partial charge in [-0.1, -0.05) is 59.8 Å². The van der Waals surface area contributed by atoms with Crippen LogP contribution < -0.4 is 0 Å². The summed E-state index contributed by atoms with van der Waals surface area (Å²) < 4.78 is 4.72. The summed E-state index contributed by atoms with van der Waals surface area (Å²) in [4.78, 5) is 37.3. The highest BCUT2D eigenvalue weighted by atomic mass is 16.5. The number of ketones is 2. The van der Waals surface area contributed by atoms with E-state index in [9.17, 15) is 14.4 Å². The molecule has 0 radical (unpaired) electrons. The van der Waals surface area contributed by atoms with Crippen LogP contribution >= 0.6 is 0 Å². The molecular formula is C31H46O4. The number of methoxy groups -OCH3 is 1. The molecule has 0 spiro atoms. The number of esters is 1. The van der Waals surface area contributed by atoms with Gasteiger partial charge < -0.3 is 4.74 Å². The van der Waals surface area contributed by atoms with Crippen LogP contribution in [0.3, 0.4) is 0 Å². The summed E-state index contributed by atoms with van der Waals surface area (Å²) in [6, 6.07) is 0. The molecule has 0 bridgehead atoms. The van der Waals surface area contributed by atoms with Gasteiger partial charge >= 0.3 is 5.97 Å². The summed E-state index contributed by atoms with van der Waals surface area (Å²) in [5.41, 5.74) is 2.18. The predicted molar refractivity (Wildman–Crippen MR) is 139 cm³/mol. The number of carbonyl (C=O) groups excluding carboxylic acids is 3. The number of fused-ring (bicyclic) bond motifs is 5. The molecule has 0 aliphatic heterocycles. The van der Waals surface area contributed by atoms with Crippen LogP contribution in [-0.2, 0) is 19.1 Å². The highest BCUT2D eigenvalue weighted by Crippen LogP contribution is 2.73. The molecule has 0 saturated heterocycles. The van der Waals surface area contributed by atoms with Gasteiger partial charge in [-0.05, 0) is 78.4 Å². The SMILES string of the molecule is C=C(CC(=O)C[C@@H](C)[C@H]1CC[C@@]2(C)C3=CC[C@H]4C(C)(C)C(=O)CC[C@]4(C)[C@H]3CC[C@]12C)C(=O)OC. The lowest BCUT2D eigenvalue weighted by Crippen LogP contribution is -2.57. The Bertz CT molecular complexity index is 972. The number of carbonyl (C=O) groups is 3. The van der Waals surface area contributed by atoms with Gasteiger partial charge in [-0.2, -0.15) is 0 Å². The zero-order valence-electron chi connectivity index (χ0n) is 23.1. The second-order valence-corrected chi connectivity index (χ2v) is 13.6. The molecule has 0 aromatic heterocycles. The molecular weight excluding hydrogens is 436 g/mol. The third kappa shape index (κ3) is 3.80. The maximum Gasteiger partial charge on any atom is 0.333 e. The molecule has 4 heteroatoms. The lowest BCUT2D eigenvalue weighted by atomic mass is 9.41. The van der Waals surface area contributed by atoms with E-state index in [1.165, 1.54) is 26.4 Å². The van der Waals surface area contributed by atoms with E-state index in [0.717, 1.165) is 25.7 Å². The maximum atomic E-state index is 12.8. The molecule has 4 aliphatic rings. The quantitative estimate of drug-likeness (QED) is 0.235. The van der Waals surface area contributed by atoms with E-state index < -0.39 is 5.97 Å². The van der Waals surface area contributed by atoms with Gasteiger partial charge in [0, 0.05) is 30.3 Å². The van der Waals surface area contributed by atoms with E-state index >= 15 is 0 Å². The summed E-state index contributed by atoms with van der Waals surface area (Å²) in [6.45, 7) is 17.8. The second-order valence-electron chi connectivity index (χ2n) is 13.6. The van der Waals surface area contributed by atoms with Gasteiger partial charge in [-0.25, -0.2) is 4.79 Å². The van der Waals surface area contributed by atoms with Crippen molar-refractivity contribution in [1.82, 2.24) is 0 Å². The Hall–Kier alpha value is -1.71. The number of hydrogen-bond acceptors (Lipinski definition) is 4. The lowest BCUT2D eigenvalue weighted by molar-refractivity contribution is -0.146. The Balaban J connectivity index is 1.56. The highest BCUT2D eigenvalue weighted by molar-refractivity contribution is 5.95. The first-order valence-electron chi connectivity index (χ1n) is 13.7. The van der Waals surface area contributed by atoms with E-state index in [1.807, 2.05) is 0 Å². The van der Waals surface area contributed by atoms with Crippen molar-refractivity contribution in [3.8, 4) is 0 Å². The summed E-state index contributed by atoms with van der Waals surface area (Å²) >= 11 is 0. The molecule has 0 heterocycles. The first-order valence-corrected chi connectivity index (χ1v) is 13.7. The van der Waals surface area contributed by atoms with Gasteiger partial charge in [0.2, 0.25) is 0 Å². The standard InChI is InChI=1S/C31H46O4/c1-19(17-21(32)18-20(2)27(34)35-8)22-11-15-31(7)24-9-10-25-28(3,4)26(33)13-14-29(25,5)23(24)12-16-30(22,31)6/h9,19,22-23,25H,2,10-18H2,1,3-8H3/t19-,22-,23+,25+,29-,30-,31+/m1/s1. The zero-order valence-corrected chi connectivity index (χ0v) is 23.1.